The molecular weight excluding hydrogens is 200 g/mol. The summed E-state index contributed by atoms with van der Waals surface area (Å²) in [7, 11) is 0. The number of hydrogen-bond donors (Lipinski definition) is 0. The van der Waals surface area contributed by atoms with E-state index in [1.54, 1.807) is 4.88 Å². The van der Waals surface area contributed by atoms with Crippen LogP contribution in [0.4, 0.5) is 0 Å². The highest BCUT2D eigenvalue weighted by atomic mass is 32.1. The lowest BCUT2D eigenvalue weighted by Gasteiger charge is -2.27. The van der Waals surface area contributed by atoms with Crippen LogP contribution < -0.4 is 0 Å². The van der Waals surface area contributed by atoms with E-state index in [1.807, 2.05) is 11.3 Å². The predicted octanol–water partition coefficient (Wildman–Crippen LogP) is 5.39. The van der Waals surface area contributed by atoms with Crippen LogP contribution in [0.5, 0.6) is 0 Å². The summed E-state index contributed by atoms with van der Waals surface area (Å²) < 4.78 is 0. The molecule has 1 heteroatoms. The van der Waals surface area contributed by atoms with Gasteiger partial charge in [-0.2, -0.15) is 0 Å². The molecule has 1 aromatic rings. The summed E-state index contributed by atoms with van der Waals surface area (Å²) in [5.74, 6) is 0. The van der Waals surface area contributed by atoms with E-state index in [2.05, 4.69) is 38.3 Å². The van der Waals surface area contributed by atoms with E-state index in [0.29, 0.717) is 5.41 Å². The van der Waals surface area contributed by atoms with Crippen molar-refractivity contribution >= 4 is 11.3 Å². The zero-order chi connectivity index (χ0) is 11.1. The van der Waals surface area contributed by atoms with Crippen molar-refractivity contribution in [1.29, 1.82) is 0 Å². The van der Waals surface area contributed by atoms with E-state index in [9.17, 15) is 0 Å². The van der Waals surface area contributed by atoms with Crippen LogP contribution in [0.1, 0.15) is 64.2 Å². The fourth-order valence-corrected chi connectivity index (χ4v) is 3.03. The molecule has 0 nitrogen and oxygen atoms in total. The highest BCUT2D eigenvalue weighted by Crippen LogP contribution is 2.35. The molecule has 0 bridgehead atoms. The Bertz CT molecular complexity index is 250. The summed E-state index contributed by atoms with van der Waals surface area (Å²) >= 11 is 1.92. The van der Waals surface area contributed by atoms with Crippen molar-refractivity contribution in [3.8, 4) is 0 Å². The summed E-state index contributed by atoms with van der Waals surface area (Å²) in [6.07, 6.45) is 8.13. The number of thiophene rings is 1. The van der Waals surface area contributed by atoms with Crippen molar-refractivity contribution in [2.45, 2.75) is 64.7 Å². The molecule has 1 unspecified atom stereocenters. The average Bonchev–Trinajstić information content (AvgIpc) is 2.78. The molecule has 0 aromatic carbocycles. The van der Waals surface area contributed by atoms with Gasteiger partial charge in [-0.25, -0.2) is 0 Å². The Balaban J connectivity index is 2.46. The van der Waals surface area contributed by atoms with E-state index in [1.165, 1.54) is 38.5 Å². The Hall–Kier alpha value is -0.300. The molecule has 1 atom stereocenters. The van der Waals surface area contributed by atoms with Crippen LogP contribution in [0, 0.1) is 0 Å². The molecule has 0 aliphatic heterocycles. The standard InChI is InChI=1S/C14H24S/c1-4-6-7-8-11-14(3,5-2)13-10-9-12-15-13/h9-10,12H,4-8,11H2,1-3H3. The Labute approximate surface area is 98.7 Å². The first-order valence-electron chi connectivity index (χ1n) is 6.27. The SMILES string of the molecule is CCCCCCC(C)(CC)c1cccs1. The molecule has 86 valence electrons. The normalized spacial score (nSPS) is 15.1. The predicted molar refractivity (Wildman–Crippen MR) is 70.7 cm³/mol. The van der Waals surface area contributed by atoms with E-state index >= 15 is 0 Å². The fourth-order valence-electron chi connectivity index (χ4n) is 2.04. The summed E-state index contributed by atoms with van der Waals surface area (Å²) in [6, 6.07) is 4.48. The van der Waals surface area contributed by atoms with Gasteiger partial charge >= 0.3 is 0 Å². The molecule has 0 fully saturated rings. The van der Waals surface area contributed by atoms with Gasteiger partial charge in [0.25, 0.3) is 0 Å². The number of rotatable bonds is 7. The van der Waals surface area contributed by atoms with Gasteiger partial charge in [0.2, 0.25) is 0 Å². The van der Waals surface area contributed by atoms with Gasteiger partial charge in [-0.05, 0) is 24.3 Å². The van der Waals surface area contributed by atoms with Gasteiger partial charge in [0, 0.05) is 10.3 Å². The molecule has 0 radical (unpaired) electrons. The number of hydrogen-bond acceptors (Lipinski definition) is 1. The minimum absolute atomic E-state index is 0.432. The summed E-state index contributed by atoms with van der Waals surface area (Å²) in [4.78, 5) is 1.57. The first-order chi connectivity index (χ1) is 7.23. The molecule has 0 N–H and O–H groups in total. The number of unbranched alkanes of at least 4 members (excludes halogenated alkanes) is 3. The monoisotopic (exact) mass is 224 g/mol. The van der Waals surface area contributed by atoms with Crippen molar-refractivity contribution in [1.82, 2.24) is 0 Å². The Morgan fingerprint density at radius 2 is 2.00 bits per heavy atom. The van der Waals surface area contributed by atoms with Crippen LogP contribution in [0.3, 0.4) is 0 Å². The van der Waals surface area contributed by atoms with Crippen LogP contribution in [0.15, 0.2) is 17.5 Å². The second kappa shape index (κ2) is 6.32. The second-order valence-corrected chi connectivity index (χ2v) is 5.65. The molecular formula is C14H24S. The summed E-state index contributed by atoms with van der Waals surface area (Å²) in [5.41, 5.74) is 0.432. The highest BCUT2D eigenvalue weighted by molar-refractivity contribution is 7.10. The van der Waals surface area contributed by atoms with E-state index in [4.69, 9.17) is 0 Å². The Morgan fingerprint density at radius 1 is 1.20 bits per heavy atom. The maximum atomic E-state index is 2.42. The first kappa shape index (κ1) is 12.8. The third kappa shape index (κ3) is 3.64. The van der Waals surface area contributed by atoms with Gasteiger partial charge < -0.3 is 0 Å². The van der Waals surface area contributed by atoms with Gasteiger partial charge in [0.1, 0.15) is 0 Å². The fraction of sp³-hybridized carbons (Fsp3) is 0.714. The maximum absolute atomic E-state index is 2.42. The Kier molecular flexibility index (Phi) is 5.38. The van der Waals surface area contributed by atoms with Crippen molar-refractivity contribution in [2.24, 2.45) is 0 Å². The lowest BCUT2D eigenvalue weighted by molar-refractivity contribution is 0.403. The molecule has 1 heterocycles. The van der Waals surface area contributed by atoms with Gasteiger partial charge in [0.15, 0.2) is 0 Å². The molecule has 0 amide bonds. The van der Waals surface area contributed by atoms with Crippen molar-refractivity contribution in [3.63, 3.8) is 0 Å². The van der Waals surface area contributed by atoms with Crippen LogP contribution >= 0.6 is 11.3 Å². The van der Waals surface area contributed by atoms with Crippen LogP contribution in [-0.4, -0.2) is 0 Å². The molecule has 0 saturated carbocycles. The largest absolute Gasteiger partial charge is 0.148 e. The average molecular weight is 224 g/mol. The molecule has 15 heavy (non-hydrogen) atoms. The van der Waals surface area contributed by atoms with Gasteiger partial charge in [-0.1, -0.05) is 52.5 Å². The Morgan fingerprint density at radius 3 is 2.53 bits per heavy atom. The van der Waals surface area contributed by atoms with Crippen molar-refractivity contribution < 1.29 is 0 Å². The third-order valence-corrected chi connectivity index (χ3v) is 4.65. The second-order valence-electron chi connectivity index (χ2n) is 4.70. The van der Waals surface area contributed by atoms with Gasteiger partial charge in [-0.3, -0.25) is 0 Å². The smallest absolute Gasteiger partial charge is 0.0104 e. The topological polar surface area (TPSA) is 0 Å². The first-order valence-corrected chi connectivity index (χ1v) is 7.15. The third-order valence-electron chi connectivity index (χ3n) is 3.48. The van der Waals surface area contributed by atoms with E-state index < -0.39 is 0 Å². The van der Waals surface area contributed by atoms with Crippen molar-refractivity contribution in [2.75, 3.05) is 0 Å². The zero-order valence-corrected chi connectivity index (χ0v) is 11.2. The quantitative estimate of drug-likeness (QED) is 0.545. The summed E-state index contributed by atoms with van der Waals surface area (Å²) in [6.45, 7) is 7.02. The van der Waals surface area contributed by atoms with E-state index in [0.717, 1.165) is 0 Å². The van der Waals surface area contributed by atoms with Gasteiger partial charge in [-0.15, -0.1) is 11.3 Å². The summed E-state index contributed by atoms with van der Waals surface area (Å²) in [5, 5.41) is 2.20. The lowest BCUT2D eigenvalue weighted by atomic mass is 9.81. The zero-order valence-electron chi connectivity index (χ0n) is 10.4. The molecule has 1 rings (SSSR count). The minimum Gasteiger partial charge on any atom is -0.148 e. The molecule has 0 aliphatic carbocycles. The maximum Gasteiger partial charge on any atom is 0.0104 e. The molecule has 0 aliphatic rings. The van der Waals surface area contributed by atoms with Crippen molar-refractivity contribution in [3.05, 3.63) is 22.4 Å². The molecule has 0 saturated heterocycles. The van der Waals surface area contributed by atoms with Crippen LogP contribution in [0.2, 0.25) is 0 Å². The minimum atomic E-state index is 0.432. The molecule has 0 spiro atoms. The lowest BCUT2D eigenvalue weighted by Crippen LogP contribution is -2.19. The van der Waals surface area contributed by atoms with E-state index in [-0.39, 0.29) is 0 Å². The van der Waals surface area contributed by atoms with Crippen LogP contribution in [0.25, 0.3) is 0 Å². The highest BCUT2D eigenvalue weighted by Gasteiger charge is 2.24. The van der Waals surface area contributed by atoms with Crippen LogP contribution in [-0.2, 0) is 5.41 Å². The van der Waals surface area contributed by atoms with Gasteiger partial charge in [0.05, 0.1) is 0 Å². The molecule has 1 aromatic heterocycles.